The van der Waals surface area contributed by atoms with Crippen molar-refractivity contribution < 1.29 is 22.3 Å². The number of thiazole rings is 1. The molecular weight excluding hydrogens is 379 g/mol. The highest BCUT2D eigenvalue weighted by atomic mass is 32.2. The van der Waals surface area contributed by atoms with Gasteiger partial charge in [-0.3, -0.25) is 10.1 Å². The van der Waals surface area contributed by atoms with Gasteiger partial charge in [-0.1, -0.05) is 23.5 Å². The van der Waals surface area contributed by atoms with Gasteiger partial charge in [0.2, 0.25) is 0 Å². The molecule has 0 unspecified atom stereocenters. The summed E-state index contributed by atoms with van der Waals surface area (Å²) in [6.07, 6.45) is 0.185. The van der Waals surface area contributed by atoms with Crippen LogP contribution in [0.15, 0.2) is 47.4 Å². The lowest BCUT2D eigenvalue weighted by Crippen LogP contribution is -2.30. The van der Waals surface area contributed by atoms with Crippen molar-refractivity contribution in [1.82, 2.24) is 4.98 Å². The second-order valence-electron chi connectivity index (χ2n) is 5.60. The van der Waals surface area contributed by atoms with Gasteiger partial charge in [-0.15, -0.1) is 0 Å². The number of nitrogens with zero attached hydrogens (tertiary/aromatic N) is 1. The molecule has 0 spiro atoms. The Labute approximate surface area is 153 Å². The van der Waals surface area contributed by atoms with Gasteiger partial charge in [0.05, 0.1) is 15.1 Å². The van der Waals surface area contributed by atoms with E-state index in [0.29, 0.717) is 15.3 Å². The summed E-state index contributed by atoms with van der Waals surface area (Å²) in [6, 6.07) is 10.4. The Morgan fingerprint density at radius 3 is 2.69 bits per heavy atom. The number of fused-ring (bicyclic) bond motifs is 1. The van der Waals surface area contributed by atoms with Crippen LogP contribution >= 0.6 is 11.3 Å². The third-order valence-corrected chi connectivity index (χ3v) is 5.57. The predicted octanol–water partition coefficient (Wildman–Crippen LogP) is 3.24. The van der Waals surface area contributed by atoms with Crippen molar-refractivity contribution in [3.63, 3.8) is 0 Å². The minimum Gasteiger partial charge on any atom is -0.478 e. The van der Waals surface area contributed by atoms with E-state index in [9.17, 15) is 17.6 Å². The number of halogens is 1. The van der Waals surface area contributed by atoms with E-state index in [4.69, 9.17) is 4.74 Å². The molecule has 2 aromatic carbocycles. The van der Waals surface area contributed by atoms with Crippen LogP contribution in [0.5, 0.6) is 5.75 Å². The zero-order chi connectivity index (χ0) is 18.9. The number of ether oxygens (including phenoxy) is 1. The molecule has 0 aliphatic rings. The Morgan fingerprint density at radius 1 is 1.27 bits per heavy atom. The number of aromatic nitrogens is 1. The quantitative estimate of drug-likeness (QED) is 0.718. The lowest BCUT2D eigenvalue weighted by molar-refractivity contribution is -0.122. The molecule has 0 saturated heterocycles. The van der Waals surface area contributed by atoms with Gasteiger partial charge in [-0.25, -0.2) is 17.8 Å². The van der Waals surface area contributed by atoms with E-state index in [1.54, 1.807) is 12.1 Å². The van der Waals surface area contributed by atoms with Crippen molar-refractivity contribution in [1.29, 1.82) is 0 Å². The van der Waals surface area contributed by atoms with Crippen LogP contribution < -0.4 is 10.1 Å². The Bertz CT molecular complexity index is 1080. The van der Waals surface area contributed by atoms with Gasteiger partial charge in [-0.2, -0.15) is 0 Å². The van der Waals surface area contributed by atoms with E-state index in [2.05, 4.69) is 10.3 Å². The van der Waals surface area contributed by atoms with Crippen molar-refractivity contribution in [2.45, 2.75) is 17.9 Å². The van der Waals surface area contributed by atoms with Crippen LogP contribution in [0.4, 0.5) is 9.52 Å². The van der Waals surface area contributed by atoms with Gasteiger partial charge in [0.25, 0.3) is 5.91 Å². The third-order valence-electron chi connectivity index (χ3n) is 3.53. The fourth-order valence-electron chi connectivity index (χ4n) is 2.18. The first kappa shape index (κ1) is 18.3. The molecule has 1 N–H and O–H groups in total. The lowest BCUT2D eigenvalue weighted by Gasteiger charge is -2.13. The number of sulfone groups is 1. The molecular formula is C17H15FN2O4S2. The number of carbonyl (C=O) groups excluding carboxylic acids is 1. The van der Waals surface area contributed by atoms with Crippen LogP contribution in [0, 0.1) is 5.82 Å². The summed E-state index contributed by atoms with van der Waals surface area (Å²) in [5, 5.41) is 2.91. The number of nitrogens with one attached hydrogen (secondary N) is 1. The zero-order valence-corrected chi connectivity index (χ0v) is 15.5. The highest BCUT2D eigenvalue weighted by molar-refractivity contribution is 7.90. The van der Waals surface area contributed by atoms with Crippen LogP contribution in [0.2, 0.25) is 0 Å². The van der Waals surface area contributed by atoms with E-state index < -0.39 is 27.7 Å². The average Bonchev–Trinajstić information content (AvgIpc) is 2.97. The summed E-state index contributed by atoms with van der Waals surface area (Å²) < 4.78 is 42.8. The molecule has 26 heavy (non-hydrogen) atoms. The maximum atomic E-state index is 13.6. The first-order valence-corrected chi connectivity index (χ1v) is 10.3. The van der Waals surface area contributed by atoms with E-state index >= 15 is 0 Å². The monoisotopic (exact) mass is 394 g/mol. The van der Waals surface area contributed by atoms with Gasteiger partial charge < -0.3 is 4.74 Å². The van der Waals surface area contributed by atoms with E-state index in [-0.39, 0.29) is 10.6 Å². The summed E-state index contributed by atoms with van der Waals surface area (Å²) in [7, 11) is -3.32. The predicted molar refractivity (Wildman–Crippen MR) is 97.8 cm³/mol. The molecule has 0 aliphatic heterocycles. The van der Waals surface area contributed by atoms with Crippen LogP contribution in [-0.2, 0) is 14.6 Å². The van der Waals surface area contributed by atoms with E-state index in [1.807, 2.05) is 0 Å². The molecule has 3 rings (SSSR count). The zero-order valence-electron chi connectivity index (χ0n) is 13.9. The summed E-state index contributed by atoms with van der Waals surface area (Å²) in [6.45, 7) is 1.50. The second-order valence-corrected chi connectivity index (χ2v) is 8.65. The second kappa shape index (κ2) is 7.00. The maximum absolute atomic E-state index is 13.6. The molecule has 3 aromatic rings. The number of hydrogen-bond donors (Lipinski definition) is 1. The van der Waals surface area contributed by atoms with Crippen LogP contribution in [0.1, 0.15) is 6.92 Å². The van der Waals surface area contributed by atoms with Gasteiger partial charge in [0.1, 0.15) is 0 Å². The lowest BCUT2D eigenvalue weighted by atomic mass is 10.3. The Balaban J connectivity index is 1.75. The molecule has 0 saturated carbocycles. The van der Waals surface area contributed by atoms with E-state index in [0.717, 1.165) is 17.6 Å². The first-order chi connectivity index (χ1) is 12.2. The Morgan fingerprint density at radius 2 is 2.00 bits per heavy atom. The molecule has 0 bridgehead atoms. The van der Waals surface area contributed by atoms with Gasteiger partial charge in [0, 0.05) is 6.26 Å². The Hall–Kier alpha value is -2.52. The van der Waals surface area contributed by atoms with Crippen molar-refractivity contribution in [2.75, 3.05) is 11.6 Å². The molecule has 6 nitrogen and oxygen atoms in total. The molecule has 9 heteroatoms. The minimum absolute atomic E-state index is 0.0164. The number of hydrogen-bond acceptors (Lipinski definition) is 6. The number of rotatable bonds is 5. The van der Waals surface area contributed by atoms with E-state index in [1.165, 1.54) is 37.3 Å². The largest absolute Gasteiger partial charge is 0.478 e. The molecule has 1 heterocycles. The number of carbonyl (C=O) groups is 1. The molecule has 1 atom stereocenters. The van der Waals surface area contributed by atoms with Crippen molar-refractivity contribution in [3.8, 4) is 5.75 Å². The highest BCUT2D eigenvalue weighted by Crippen LogP contribution is 2.28. The number of amides is 1. The summed E-state index contributed by atoms with van der Waals surface area (Å²) in [5.41, 5.74) is 0.570. The minimum atomic E-state index is -3.32. The maximum Gasteiger partial charge on any atom is 0.266 e. The van der Waals surface area contributed by atoms with Crippen LogP contribution in [0.25, 0.3) is 10.2 Å². The summed E-state index contributed by atoms with van der Waals surface area (Å²) >= 11 is 1.15. The van der Waals surface area contributed by atoms with Crippen molar-refractivity contribution in [2.24, 2.45) is 0 Å². The summed E-state index contributed by atoms with van der Waals surface area (Å²) in [4.78, 5) is 16.7. The fourth-order valence-corrected chi connectivity index (χ4v) is 3.81. The standard InChI is InChI=1S/C17H15FN2O4S2/c1-10(24-14-6-4-3-5-12(14)18)16(21)20-17-19-13-8-7-11(26(2,22)23)9-15(13)25-17/h3-10H,1-2H3,(H,19,20,21)/t10-/m1/s1. The molecule has 0 aliphatic carbocycles. The number of benzene rings is 2. The van der Waals surface area contributed by atoms with Gasteiger partial charge in [-0.05, 0) is 37.3 Å². The van der Waals surface area contributed by atoms with Crippen LogP contribution in [0.3, 0.4) is 0 Å². The molecule has 0 radical (unpaired) electrons. The molecule has 1 amide bonds. The normalized spacial score (nSPS) is 12.7. The van der Waals surface area contributed by atoms with Crippen molar-refractivity contribution >= 4 is 42.4 Å². The smallest absolute Gasteiger partial charge is 0.266 e. The highest BCUT2D eigenvalue weighted by Gasteiger charge is 2.18. The third kappa shape index (κ3) is 4.00. The molecule has 1 aromatic heterocycles. The van der Waals surface area contributed by atoms with Gasteiger partial charge in [0.15, 0.2) is 32.6 Å². The fraction of sp³-hybridized carbons (Fsp3) is 0.176. The Kier molecular flexibility index (Phi) is 4.92. The topological polar surface area (TPSA) is 85.4 Å². The summed E-state index contributed by atoms with van der Waals surface area (Å²) in [5.74, 6) is -1.06. The van der Waals surface area contributed by atoms with Crippen LogP contribution in [-0.4, -0.2) is 31.7 Å². The molecule has 136 valence electrons. The SMILES string of the molecule is C[C@@H](Oc1ccccc1F)C(=O)Nc1nc2ccc(S(C)(=O)=O)cc2s1. The van der Waals surface area contributed by atoms with Crippen molar-refractivity contribution in [3.05, 3.63) is 48.3 Å². The average molecular weight is 394 g/mol. The van der Waals surface area contributed by atoms with Gasteiger partial charge >= 0.3 is 0 Å². The first-order valence-electron chi connectivity index (χ1n) is 7.57. The number of para-hydroxylation sites is 1. The number of anilines is 1. The molecule has 0 fully saturated rings.